The second-order valence-corrected chi connectivity index (χ2v) is 10.6. The predicted octanol–water partition coefficient (Wildman–Crippen LogP) is 4.48. The fourth-order valence-electron chi connectivity index (χ4n) is 5.93. The molecule has 0 unspecified atom stereocenters. The van der Waals surface area contributed by atoms with E-state index in [-0.39, 0.29) is 42.9 Å². The number of fused-ring (bicyclic) bond motifs is 1. The first-order chi connectivity index (χ1) is 19.5. The van der Waals surface area contributed by atoms with Gasteiger partial charge in [0.2, 0.25) is 12.2 Å². The summed E-state index contributed by atoms with van der Waals surface area (Å²) in [5.74, 6) is -0.292. The van der Waals surface area contributed by atoms with Gasteiger partial charge in [0.1, 0.15) is 0 Å². The number of hydrogen-bond donors (Lipinski definition) is 1. The van der Waals surface area contributed by atoms with Crippen LogP contribution in [0.25, 0.3) is 10.9 Å². The second-order valence-electron chi connectivity index (χ2n) is 10.6. The third kappa shape index (κ3) is 7.13. The molecule has 1 N–H and O–H groups in total. The lowest BCUT2D eigenvalue weighted by Gasteiger charge is -2.38. The summed E-state index contributed by atoms with van der Waals surface area (Å²) in [6, 6.07) is 8.05. The van der Waals surface area contributed by atoms with Gasteiger partial charge in [-0.25, -0.2) is 0 Å². The summed E-state index contributed by atoms with van der Waals surface area (Å²) in [4.78, 5) is 28.1. The summed E-state index contributed by atoms with van der Waals surface area (Å²) in [7, 11) is 1.87. The highest BCUT2D eigenvalue weighted by Crippen LogP contribution is 2.42. The highest BCUT2D eigenvalue weighted by Gasteiger charge is 2.40. The first-order valence-electron chi connectivity index (χ1n) is 14.6. The molecule has 9 heteroatoms. The fraction of sp³-hybridized carbons (Fsp3) is 0.613. The van der Waals surface area contributed by atoms with Gasteiger partial charge in [-0.05, 0) is 43.9 Å². The van der Waals surface area contributed by atoms with Crippen molar-refractivity contribution in [2.75, 3.05) is 46.7 Å². The normalized spacial score (nSPS) is 21.7. The monoisotopic (exact) mass is 556 g/mol. The van der Waals surface area contributed by atoms with Crippen LogP contribution in [0.4, 0.5) is 0 Å². The Labute approximate surface area is 237 Å². The molecule has 220 valence electrons. The number of nitrogens with zero attached hydrogens (tertiary/aromatic N) is 2. The van der Waals surface area contributed by atoms with Gasteiger partial charge >= 0.3 is 0 Å². The molecule has 4 rings (SSSR count). The Morgan fingerprint density at radius 2 is 1.80 bits per heavy atom. The number of hydrogen-bond acceptors (Lipinski definition) is 7. The Kier molecular flexibility index (Phi) is 11.2. The van der Waals surface area contributed by atoms with Crippen molar-refractivity contribution in [3.8, 4) is 0 Å². The highest BCUT2D eigenvalue weighted by molar-refractivity contribution is 5.95. The third-order valence-corrected chi connectivity index (χ3v) is 8.01. The molecule has 1 aromatic heterocycles. The number of likely N-dealkylation sites (N-methyl/N-ethyl adjacent to an activating group) is 1. The van der Waals surface area contributed by atoms with Crippen molar-refractivity contribution in [2.24, 2.45) is 5.92 Å². The van der Waals surface area contributed by atoms with E-state index in [0.29, 0.717) is 38.6 Å². The molecular weight excluding hydrogens is 512 g/mol. The molecule has 2 aromatic rings. The van der Waals surface area contributed by atoms with Crippen molar-refractivity contribution in [1.29, 1.82) is 0 Å². The SMILES string of the molecule is CCO[C@H]1OC(C(=O)N(C)C2CCCCC2)=C[C@@H](c2cn(C(C)=O)c3ccccc23)[C@@H]1CCOCCOCCO. The van der Waals surface area contributed by atoms with Crippen LogP contribution in [0.1, 0.15) is 68.6 Å². The van der Waals surface area contributed by atoms with E-state index in [9.17, 15) is 9.59 Å². The van der Waals surface area contributed by atoms with E-state index in [4.69, 9.17) is 24.1 Å². The van der Waals surface area contributed by atoms with Gasteiger partial charge in [0, 0.05) is 56.6 Å². The van der Waals surface area contributed by atoms with Crippen LogP contribution in [0, 0.1) is 5.92 Å². The predicted molar refractivity (Wildman–Crippen MR) is 152 cm³/mol. The Morgan fingerprint density at radius 3 is 2.50 bits per heavy atom. The van der Waals surface area contributed by atoms with Crippen molar-refractivity contribution < 1.29 is 33.6 Å². The zero-order valence-electron chi connectivity index (χ0n) is 24.0. The average molecular weight is 557 g/mol. The van der Waals surface area contributed by atoms with Crippen molar-refractivity contribution in [3.05, 3.63) is 47.9 Å². The lowest BCUT2D eigenvalue weighted by molar-refractivity contribution is -0.172. The molecule has 1 fully saturated rings. The van der Waals surface area contributed by atoms with E-state index >= 15 is 0 Å². The number of benzene rings is 1. The van der Waals surface area contributed by atoms with Gasteiger partial charge in [0.25, 0.3) is 5.91 Å². The molecule has 0 saturated heterocycles. The van der Waals surface area contributed by atoms with Crippen molar-refractivity contribution in [1.82, 2.24) is 9.47 Å². The molecule has 40 heavy (non-hydrogen) atoms. The van der Waals surface area contributed by atoms with Crippen LogP contribution < -0.4 is 0 Å². The molecule has 1 aromatic carbocycles. The molecule has 0 spiro atoms. The van der Waals surface area contributed by atoms with Gasteiger partial charge in [-0.2, -0.15) is 0 Å². The fourth-order valence-corrected chi connectivity index (χ4v) is 5.93. The number of aliphatic hydroxyl groups excluding tert-OH is 1. The molecule has 2 heterocycles. The number of para-hydroxylation sites is 1. The number of carbonyl (C=O) groups excluding carboxylic acids is 2. The molecule has 1 amide bonds. The quantitative estimate of drug-likeness (QED) is 0.363. The van der Waals surface area contributed by atoms with E-state index < -0.39 is 6.29 Å². The zero-order chi connectivity index (χ0) is 28.5. The van der Waals surface area contributed by atoms with Crippen molar-refractivity contribution in [3.63, 3.8) is 0 Å². The number of aliphatic hydroxyl groups is 1. The first kappa shape index (κ1) is 30.2. The van der Waals surface area contributed by atoms with E-state index in [1.165, 1.54) is 6.42 Å². The van der Waals surface area contributed by atoms with Crippen LogP contribution in [-0.4, -0.2) is 85.4 Å². The highest BCUT2D eigenvalue weighted by atomic mass is 16.7. The van der Waals surface area contributed by atoms with E-state index in [1.807, 2.05) is 55.4 Å². The first-order valence-corrected chi connectivity index (χ1v) is 14.6. The van der Waals surface area contributed by atoms with Crippen LogP contribution in [-0.2, 0) is 23.7 Å². The van der Waals surface area contributed by atoms with Crippen LogP contribution in [0.3, 0.4) is 0 Å². The molecule has 0 radical (unpaired) electrons. The number of aromatic nitrogens is 1. The molecule has 1 saturated carbocycles. The van der Waals surface area contributed by atoms with E-state index in [1.54, 1.807) is 11.5 Å². The summed E-state index contributed by atoms with van der Waals surface area (Å²) in [6.07, 6.45) is 9.27. The molecule has 3 atom stereocenters. The molecular formula is C31H44N2O7. The zero-order valence-corrected chi connectivity index (χ0v) is 24.0. The molecule has 2 aliphatic rings. The number of amides is 1. The van der Waals surface area contributed by atoms with E-state index in [0.717, 1.165) is 42.1 Å². The minimum Gasteiger partial charge on any atom is -0.459 e. The van der Waals surface area contributed by atoms with Gasteiger partial charge in [0.15, 0.2) is 5.76 Å². The van der Waals surface area contributed by atoms with Crippen LogP contribution in [0.2, 0.25) is 0 Å². The van der Waals surface area contributed by atoms with Crippen molar-refractivity contribution in [2.45, 2.75) is 70.6 Å². The van der Waals surface area contributed by atoms with Crippen LogP contribution >= 0.6 is 0 Å². The minimum atomic E-state index is -0.646. The van der Waals surface area contributed by atoms with Crippen LogP contribution in [0.5, 0.6) is 0 Å². The molecule has 1 aliphatic carbocycles. The summed E-state index contributed by atoms with van der Waals surface area (Å²) in [5.41, 5.74) is 1.79. The smallest absolute Gasteiger partial charge is 0.288 e. The Morgan fingerprint density at radius 1 is 1.07 bits per heavy atom. The maximum atomic E-state index is 13.8. The summed E-state index contributed by atoms with van der Waals surface area (Å²) in [6.45, 7) is 5.42. The number of carbonyl (C=O) groups is 2. The molecule has 0 bridgehead atoms. The second kappa shape index (κ2) is 14.8. The molecule has 1 aliphatic heterocycles. The Balaban J connectivity index is 1.67. The molecule has 9 nitrogen and oxygen atoms in total. The topological polar surface area (TPSA) is 99.5 Å². The number of allylic oxidation sites excluding steroid dienone is 1. The third-order valence-electron chi connectivity index (χ3n) is 8.01. The van der Waals surface area contributed by atoms with Crippen molar-refractivity contribution >= 4 is 22.7 Å². The van der Waals surface area contributed by atoms with E-state index in [2.05, 4.69) is 0 Å². The number of ether oxygens (including phenoxy) is 4. The Hall–Kier alpha value is -2.72. The maximum absolute atomic E-state index is 13.8. The average Bonchev–Trinajstić information content (AvgIpc) is 3.37. The Bertz CT molecular complexity index is 1150. The van der Waals surface area contributed by atoms with Gasteiger partial charge < -0.3 is 29.0 Å². The van der Waals surface area contributed by atoms with Gasteiger partial charge in [0.05, 0.1) is 31.9 Å². The largest absolute Gasteiger partial charge is 0.459 e. The lowest BCUT2D eigenvalue weighted by Crippen LogP contribution is -2.43. The van der Waals surface area contributed by atoms with Crippen LogP contribution in [0.15, 0.2) is 42.3 Å². The standard InChI is InChI=1S/C31H44N2O7/c1-4-39-31-25(14-16-37-18-19-38-17-15-34)26(27-21-33(22(2)35)28-13-9-8-12-24(27)28)20-29(40-31)30(36)32(3)23-10-6-5-7-11-23/h8-9,12-13,20-21,23,25-26,31,34H,4-7,10-11,14-19H2,1-3H3/t25-,26+,31-/m0/s1. The summed E-state index contributed by atoms with van der Waals surface area (Å²) >= 11 is 0. The van der Waals surface area contributed by atoms with Gasteiger partial charge in [-0.3, -0.25) is 14.2 Å². The maximum Gasteiger partial charge on any atom is 0.288 e. The lowest BCUT2D eigenvalue weighted by atomic mass is 9.81. The minimum absolute atomic E-state index is 0.0195. The summed E-state index contributed by atoms with van der Waals surface area (Å²) in [5, 5.41) is 9.85. The number of rotatable bonds is 13. The summed E-state index contributed by atoms with van der Waals surface area (Å²) < 4.78 is 25.2. The van der Waals surface area contributed by atoms with Gasteiger partial charge in [-0.15, -0.1) is 0 Å². The van der Waals surface area contributed by atoms with Gasteiger partial charge in [-0.1, -0.05) is 37.5 Å².